The van der Waals surface area contributed by atoms with Crippen molar-refractivity contribution in [1.29, 1.82) is 0 Å². The third-order valence-electron chi connectivity index (χ3n) is 5.54. The molecule has 1 aromatic carbocycles. The average Bonchev–Trinajstić information content (AvgIpc) is 2.76. The summed E-state index contributed by atoms with van der Waals surface area (Å²) in [5, 5.41) is 5.65. The SMILES string of the molecule is CO[C@@H]1CC[C@H](NC(=O)[C@H](CCSC)NC(=O)OCc2ccccc2)[C@H](CS(C)(=O)=O)C1. The number of hydrogen-bond donors (Lipinski definition) is 2. The van der Waals surface area contributed by atoms with E-state index >= 15 is 0 Å². The number of benzene rings is 1. The second kappa shape index (κ2) is 13.1. The first-order valence-electron chi connectivity index (χ1n) is 10.7. The molecule has 0 aromatic heterocycles. The number of thioether (sulfide) groups is 1. The van der Waals surface area contributed by atoms with Gasteiger partial charge in [-0.2, -0.15) is 11.8 Å². The highest BCUT2D eigenvalue weighted by Crippen LogP contribution is 2.28. The molecule has 0 saturated heterocycles. The number of rotatable bonds is 11. The molecule has 0 radical (unpaired) electrons. The quantitative estimate of drug-likeness (QED) is 0.494. The number of ether oxygens (including phenoxy) is 2. The maximum Gasteiger partial charge on any atom is 0.408 e. The Labute approximate surface area is 195 Å². The van der Waals surface area contributed by atoms with Gasteiger partial charge in [-0.1, -0.05) is 30.3 Å². The van der Waals surface area contributed by atoms with Crippen LogP contribution in [0.4, 0.5) is 4.79 Å². The van der Waals surface area contributed by atoms with Gasteiger partial charge in [0.25, 0.3) is 0 Å². The number of amides is 2. The smallest absolute Gasteiger partial charge is 0.408 e. The Morgan fingerprint density at radius 3 is 2.56 bits per heavy atom. The minimum absolute atomic E-state index is 0.0141. The third kappa shape index (κ3) is 9.38. The molecule has 0 unspecified atom stereocenters. The second-order valence-electron chi connectivity index (χ2n) is 8.18. The first-order valence-corrected chi connectivity index (χ1v) is 14.1. The number of carbonyl (C=O) groups is 2. The fourth-order valence-electron chi connectivity index (χ4n) is 3.89. The first-order chi connectivity index (χ1) is 15.2. The summed E-state index contributed by atoms with van der Waals surface area (Å²) < 4.78 is 34.5. The highest BCUT2D eigenvalue weighted by atomic mass is 32.2. The Hall–Kier alpha value is -1.78. The van der Waals surface area contributed by atoms with Crippen molar-refractivity contribution < 1.29 is 27.5 Å². The van der Waals surface area contributed by atoms with Crippen LogP contribution in [0.15, 0.2) is 30.3 Å². The van der Waals surface area contributed by atoms with Crippen molar-refractivity contribution in [3.8, 4) is 0 Å². The van der Waals surface area contributed by atoms with Crippen LogP contribution in [0.2, 0.25) is 0 Å². The standard InChI is InChI=1S/C22H34N2O6S2/c1-29-18-9-10-19(17(13-18)15-32(3,27)28)23-21(25)20(11-12-31-2)24-22(26)30-14-16-7-5-4-6-8-16/h4-8,17-20H,9-15H2,1-3H3,(H,23,25)(H,24,26)/t17-,18+,19-,20-/m0/s1. The van der Waals surface area contributed by atoms with E-state index in [9.17, 15) is 18.0 Å². The zero-order chi connectivity index (χ0) is 23.6. The van der Waals surface area contributed by atoms with Crippen LogP contribution < -0.4 is 10.6 Å². The van der Waals surface area contributed by atoms with Gasteiger partial charge in [0.05, 0.1) is 11.9 Å². The van der Waals surface area contributed by atoms with Crippen LogP contribution in [0.25, 0.3) is 0 Å². The molecule has 180 valence electrons. The summed E-state index contributed by atoms with van der Waals surface area (Å²) in [6.45, 7) is 0.112. The molecule has 0 bridgehead atoms. The highest BCUT2D eigenvalue weighted by molar-refractivity contribution is 7.98. The molecule has 1 saturated carbocycles. The van der Waals surface area contributed by atoms with E-state index in [1.54, 1.807) is 18.9 Å². The van der Waals surface area contributed by atoms with E-state index in [2.05, 4.69) is 10.6 Å². The molecule has 0 spiro atoms. The topological polar surface area (TPSA) is 111 Å². The number of sulfone groups is 1. The van der Waals surface area contributed by atoms with Crippen molar-refractivity contribution in [2.45, 2.75) is 50.5 Å². The number of methoxy groups -OCH3 is 1. The summed E-state index contributed by atoms with van der Waals surface area (Å²) in [5.41, 5.74) is 0.853. The average molecular weight is 487 g/mol. The Kier molecular flexibility index (Phi) is 10.8. The van der Waals surface area contributed by atoms with Gasteiger partial charge in [0, 0.05) is 19.4 Å². The van der Waals surface area contributed by atoms with Crippen molar-refractivity contribution in [3.05, 3.63) is 35.9 Å². The molecule has 1 aliphatic rings. The molecule has 8 nitrogen and oxygen atoms in total. The third-order valence-corrected chi connectivity index (χ3v) is 7.22. The van der Waals surface area contributed by atoms with E-state index in [1.165, 1.54) is 6.26 Å². The maximum atomic E-state index is 13.0. The molecule has 0 aliphatic heterocycles. The minimum Gasteiger partial charge on any atom is -0.445 e. The lowest BCUT2D eigenvalue weighted by molar-refractivity contribution is -0.124. The normalized spacial score (nSPS) is 22.0. The Morgan fingerprint density at radius 1 is 1.22 bits per heavy atom. The predicted octanol–water partition coefficient (Wildman–Crippen LogP) is 2.38. The molecule has 10 heteroatoms. The van der Waals surface area contributed by atoms with Crippen LogP contribution in [0.3, 0.4) is 0 Å². The van der Waals surface area contributed by atoms with Crippen LogP contribution in [0.1, 0.15) is 31.2 Å². The van der Waals surface area contributed by atoms with Crippen LogP contribution >= 0.6 is 11.8 Å². The van der Waals surface area contributed by atoms with Gasteiger partial charge in [0.15, 0.2) is 0 Å². The van der Waals surface area contributed by atoms with Gasteiger partial charge < -0.3 is 20.1 Å². The van der Waals surface area contributed by atoms with Gasteiger partial charge in [-0.25, -0.2) is 13.2 Å². The van der Waals surface area contributed by atoms with Crippen molar-refractivity contribution >= 4 is 33.6 Å². The van der Waals surface area contributed by atoms with Crippen molar-refractivity contribution in [2.75, 3.05) is 31.1 Å². The Morgan fingerprint density at radius 2 is 1.94 bits per heavy atom. The predicted molar refractivity (Wildman–Crippen MR) is 126 cm³/mol. The maximum absolute atomic E-state index is 13.0. The Bertz CT molecular complexity index is 834. The lowest BCUT2D eigenvalue weighted by Gasteiger charge is -2.36. The van der Waals surface area contributed by atoms with Crippen LogP contribution in [-0.4, -0.2) is 69.7 Å². The molecule has 1 aliphatic carbocycles. The van der Waals surface area contributed by atoms with Gasteiger partial charge in [-0.05, 0) is 49.2 Å². The first kappa shape index (κ1) is 26.5. The van der Waals surface area contributed by atoms with Gasteiger partial charge >= 0.3 is 6.09 Å². The number of nitrogens with one attached hydrogen (secondary N) is 2. The van der Waals surface area contributed by atoms with Crippen molar-refractivity contribution in [2.24, 2.45) is 5.92 Å². The molecule has 1 aromatic rings. The fourth-order valence-corrected chi connectivity index (χ4v) is 5.51. The van der Waals surface area contributed by atoms with E-state index in [4.69, 9.17) is 9.47 Å². The molecule has 1 fully saturated rings. The van der Waals surface area contributed by atoms with Gasteiger partial charge in [0.1, 0.15) is 22.5 Å². The van der Waals surface area contributed by atoms with E-state index in [0.717, 1.165) is 12.0 Å². The monoisotopic (exact) mass is 486 g/mol. The summed E-state index contributed by atoms with van der Waals surface area (Å²) >= 11 is 1.57. The van der Waals surface area contributed by atoms with Gasteiger partial charge in [-0.3, -0.25) is 4.79 Å². The largest absolute Gasteiger partial charge is 0.445 e. The summed E-state index contributed by atoms with van der Waals surface area (Å²) in [5.74, 6) is 0.106. The molecule has 2 rings (SSSR count). The summed E-state index contributed by atoms with van der Waals surface area (Å²) in [6, 6.07) is 8.25. The number of hydrogen-bond acceptors (Lipinski definition) is 7. The van der Waals surface area contributed by atoms with Crippen LogP contribution in [0.5, 0.6) is 0 Å². The molecular formula is C22H34N2O6S2. The summed E-state index contributed by atoms with van der Waals surface area (Å²) in [6.07, 6.45) is 4.82. The lowest BCUT2D eigenvalue weighted by Crippen LogP contribution is -2.54. The molecule has 32 heavy (non-hydrogen) atoms. The van der Waals surface area contributed by atoms with Crippen molar-refractivity contribution in [1.82, 2.24) is 10.6 Å². The summed E-state index contributed by atoms with van der Waals surface area (Å²) in [7, 11) is -1.60. The van der Waals surface area contributed by atoms with E-state index in [0.29, 0.717) is 25.0 Å². The lowest BCUT2D eigenvalue weighted by atomic mass is 9.83. The van der Waals surface area contributed by atoms with Gasteiger partial charge in [0.2, 0.25) is 5.91 Å². The minimum atomic E-state index is -3.21. The molecule has 4 atom stereocenters. The molecule has 0 heterocycles. The second-order valence-corrected chi connectivity index (χ2v) is 11.3. The highest BCUT2D eigenvalue weighted by Gasteiger charge is 2.35. The molecular weight excluding hydrogens is 452 g/mol. The number of carbonyl (C=O) groups excluding carboxylic acids is 2. The number of alkyl carbamates (subject to hydrolysis) is 1. The zero-order valence-corrected chi connectivity index (χ0v) is 20.5. The van der Waals surface area contributed by atoms with Gasteiger partial charge in [-0.15, -0.1) is 0 Å². The molecule has 2 N–H and O–H groups in total. The van der Waals surface area contributed by atoms with Crippen LogP contribution in [-0.2, 0) is 30.7 Å². The van der Waals surface area contributed by atoms with E-state index < -0.39 is 22.0 Å². The zero-order valence-electron chi connectivity index (χ0n) is 18.9. The fraction of sp³-hybridized carbons (Fsp3) is 0.636. The van der Waals surface area contributed by atoms with E-state index in [-0.39, 0.29) is 36.3 Å². The van der Waals surface area contributed by atoms with E-state index in [1.807, 2.05) is 36.6 Å². The molecule has 2 amide bonds. The van der Waals surface area contributed by atoms with Crippen LogP contribution in [0, 0.1) is 5.92 Å². The Balaban J connectivity index is 1.99. The summed E-state index contributed by atoms with van der Waals surface area (Å²) in [4.78, 5) is 25.3. The van der Waals surface area contributed by atoms with Crippen molar-refractivity contribution in [3.63, 3.8) is 0 Å².